The summed E-state index contributed by atoms with van der Waals surface area (Å²) in [6.07, 6.45) is -4.49. The highest BCUT2D eigenvalue weighted by atomic mass is 19.4. The van der Waals surface area contributed by atoms with E-state index in [2.05, 4.69) is 4.99 Å². The molecule has 1 heterocycles. The molecule has 140 valence electrons. The Morgan fingerprint density at radius 3 is 2.44 bits per heavy atom. The van der Waals surface area contributed by atoms with Gasteiger partial charge < -0.3 is 20.1 Å². The summed E-state index contributed by atoms with van der Waals surface area (Å²) < 4.78 is 50.9. The zero-order valence-corrected chi connectivity index (χ0v) is 14.7. The Morgan fingerprint density at radius 1 is 1.24 bits per heavy atom. The van der Waals surface area contributed by atoms with E-state index in [0.29, 0.717) is 26.3 Å². The van der Waals surface area contributed by atoms with Crippen molar-refractivity contribution in [2.45, 2.75) is 39.1 Å². The number of ether oxygens (including phenoxy) is 2. The van der Waals surface area contributed by atoms with Gasteiger partial charge in [-0.05, 0) is 38.5 Å². The normalized spacial score (nSPS) is 16.9. The third kappa shape index (κ3) is 5.81. The van der Waals surface area contributed by atoms with Crippen LogP contribution in [0.4, 0.5) is 13.2 Å². The smallest absolute Gasteiger partial charge is 0.416 e. The van der Waals surface area contributed by atoms with E-state index in [-0.39, 0.29) is 23.8 Å². The number of aliphatic imine (C=N–C) groups is 1. The fourth-order valence-corrected chi connectivity index (χ4v) is 2.43. The maximum absolute atomic E-state index is 13.4. The van der Waals surface area contributed by atoms with Gasteiger partial charge in [0.15, 0.2) is 5.96 Å². The molecule has 25 heavy (non-hydrogen) atoms. The van der Waals surface area contributed by atoms with Crippen LogP contribution in [0.1, 0.15) is 31.9 Å². The number of nitrogens with zero attached hydrogens (tertiary/aromatic N) is 2. The molecular formula is C17H24F3N3O2. The first-order chi connectivity index (χ1) is 11.6. The van der Waals surface area contributed by atoms with Crippen LogP contribution in [0.25, 0.3) is 0 Å². The highest BCUT2D eigenvalue weighted by Crippen LogP contribution is 2.35. The highest BCUT2D eigenvalue weighted by molar-refractivity contribution is 5.78. The molecule has 1 aliphatic heterocycles. The van der Waals surface area contributed by atoms with Crippen molar-refractivity contribution in [3.63, 3.8) is 0 Å². The summed E-state index contributed by atoms with van der Waals surface area (Å²) in [4.78, 5) is 5.92. The molecule has 0 aromatic heterocycles. The van der Waals surface area contributed by atoms with E-state index in [1.165, 1.54) is 12.1 Å². The van der Waals surface area contributed by atoms with Crippen LogP contribution in [0.5, 0.6) is 5.75 Å². The molecule has 2 rings (SSSR count). The summed E-state index contributed by atoms with van der Waals surface area (Å²) >= 11 is 0. The third-order valence-electron chi connectivity index (χ3n) is 3.56. The van der Waals surface area contributed by atoms with Crippen molar-refractivity contribution < 1.29 is 22.6 Å². The minimum Gasteiger partial charge on any atom is -0.488 e. The van der Waals surface area contributed by atoms with Crippen LogP contribution < -0.4 is 10.5 Å². The van der Waals surface area contributed by atoms with Crippen LogP contribution in [0, 0.1) is 0 Å². The van der Waals surface area contributed by atoms with E-state index in [4.69, 9.17) is 15.2 Å². The van der Waals surface area contributed by atoms with Gasteiger partial charge in [0.25, 0.3) is 0 Å². The van der Waals surface area contributed by atoms with E-state index >= 15 is 0 Å². The Balaban J connectivity index is 2.21. The number of nitrogens with two attached hydrogens (primary N) is 1. The van der Waals surface area contributed by atoms with Gasteiger partial charge in [-0.25, -0.2) is 4.99 Å². The summed E-state index contributed by atoms with van der Waals surface area (Å²) in [5.41, 5.74) is 4.61. The molecule has 5 nitrogen and oxygen atoms in total. The number of hydrogen-bond acceptors (Lipinski definition) is 3. The van der Waals surface area contributed by atoms with Crippen molar-refractivity contribution in [1.29, 1.82) is 0 Å². The molecule has 0 radical (unpaired) electrons. The van der Waals surface area contributed by atoms with E-state index < -0.39 is 17.3 Å². The fraction of sp³-hybridized carbons (Fsp3) is 0.588. The highest BCUT2D eigenvalue weighted by Gasteiger charge is 2.34. The van der Waals surface area contributed by atoms with Gasteiger partial charge in [0.05, 0.1) is 25.3 Å². The topological polar surface area (TPSA) is 60.1 Å². The zero-order chi connectivity index (χ0) is 18.7. The van der Waals surface area contributed by atoms with Gasteiger partial charge in [-0.15, -0.1) is 0 Å². The minimum absolute atomic E-state index is 0.0602. The van der Waals surface area contributed by atoms with Gasteiger partial charge in [-0.2, -0.15) is 13.2 Å². The largest absolute Gasteiger partial charge is 0.488 e. The van der Waals surface area contributed by atoms with Crippen LogP contribution in [-0.4, -0.2) is 42.8 Å². The van der Waals surface area contributed by atoms with Gasteiger partial charge >= 0.3 is 6.18 Å². The molecule has 0 saturated carbocycles. The Labute approximate surface area is 145 Å². The van der Waals surface area contributed by atoms with Crippen LogP contribution in [0.2, 0.25) is 0 Å². The van der Waals surface area contributed by atoms with Crippen molar-refractivity contribution in [2.75, 3.05) is 26.3 Å². The SMILES string of the molecule is CC(C)(C)Oc1ccc(CN=C(N)N2CCOCC2)c(C(F)(F)F)c1. The molecule has 0 aliphatic carbocycles. The minimum atomic E-state index is -4.49. The number of alkyl halides is 3. The quantitative estimate of drug-likeness (QED) is 0.666. The van der Waals surface area contributed by atoms with Crippen molar-refractivity contribution in [3.8, 4) is 5.75 Å². The first kappa shape index (κ1) is 19.4. The number of guanidine groups is 1. The summed E-state index contributed by atoms with van der Waals surface area (Å²) in [6.45, 7) is 7.42. The van der Waals surface area contributed by atoms with Crippen molar-refractivity contribution in [2.24, 2.45) is 10.7 Å². The summed E-state index contributed by atoms with van der Waals surface area (Å²) in [5, 5.41) is 0. The molecule has 1 saturated heterocycles. The van der Waals surface area contributed by atoms with Crippen LogP contribution >= 0.6 is 0 Å². The Bertz CT molecular complexity index is 619. The standard InChI is InChI=1S/C17H24F3N3O2/c1-16(2,3)25-13-5-4-12(14(10-13)17(18,19)20)11-22-15(21)23-6-8-24-9-7-23/h4-5,10H,6-9,11H2,1-3H3,(H2,21,22). The van der Waals surface area contributed by atoms with Crippen LogP contribution in [0.3, 0.4) is 0 Å². The summed E-state index contributed by atoms with van der Waals surface area (Å²) in [6, 6.07) is 3.93. The number of halogens is 3. The van der Waals surface area contributed by atoms with E-state index in [9.17, 15) is 13.2 Å². The summed E-state index contributed by atoms with van der Waals surface area (Å²) in [5.74, 6) is 0.403. The van der Waals surface area contributed by atoms with Gasteiger partial charge in [0.1, 0.15) is 11.4 Å². The lowest BCUT2D eigenvalue weighted by Gasteiger charge is -2.27. The fourth-order valence-electron chi connectivity index (χ4n) is 2.43. The molecular weight excluding hydrogens is 335 g/mol. The average Bonchev–Trinajstić information content (AvgIpc) is 2.51. The second-order valence-corrected chi connectivity index (χ2v) is 6.80. The molecule has 0 spiro atoms. The molecule has 0 bridgehead atoms. The summed E-state index contributed by atoms with van der Waals surface area (Å²) in [7, 11) is 0. The van der Waals surface area contributed by atoms with Crippen LogP contribution in [0.15, 0.2) is 23.2 Å². The number of hydrogen-bond donors (Lipinski definition) is 1. The third-order valence-corrected chi connectivity index (χ3v) is 3.56. The lowest BCUT2D eigenvalue weighted by atomic mass is 10.1. The number of benzene rings is 1. The molecule has 0 unspecified atom stereocenters. The van der Waals surface area contributed by atoms with E-state index in [0.717, 1.165) is 6.07 Å². The predicted octanol–water partition coefficient (Wildman–Crippen LogP) is 3.03. The molecule has 0 atom stereocenters. The van der Waals surface area contributed by atoms with E-state index in [1.54, 1.807) is 25.7 Å². The molecule has 1 aliphatic rings. The molecule has 8 heteroatoms. The van der Waals surface area contributed by atoms with E-state index in [1.807, 2.05) is 0 Å². The maximum Gasteiger partial charge on any atom is 0.416 e. The molecule has 1 aromatic rings. The first-order valence-corrected chi connectivity index (χ1v) is 8.08. The Hall–Kier alpha value is -1.96. The lowest BCUT2D eigenvalue weighted by molar-refractivity contribution is -0.138. The lowest BCUT2D eigenvalue weighted by Crippen LogP contribution is -2.44. The zero-order valence-electron chi connectivity index (χ0n) is 14.7. The second kappa shape index (κ2) is 7.51. The Kier molecular flexibility index (Phi) is 5.82. The monoisotopic (exact) mass is 359 g/mol. The van der Waals surface area contributed by atoms with Gasteiger partial charge in [-0.3, -0.25) is 0 Å². The molecule has 1 fully saturated rings. The maximum atomic E-state index is 13.4. The molecule has 1 aromatic carbocycles. The number of morpholine rings is 1. The van der Waals surface area contributed by atoms with Crippen molar-refractivity contribution in [1.82, 2.24) is 4.90 Å². The van der Waals surface area contributed by atoms with Gasteiger partial charge in [-0.1, -0.05) is 6.07 Å². The predicted molar refractivity (Wildman–Crippen MR) is 89.5 cm³/mol. The van der Waals surface area contributed by atoms with Gasteiger partial charge in [0.2, 0.25) is 0 Å². The Morgan fingerprint density at radius 2 is 1.88 bits per heavy atom. The first-order valence-electron chi connectivity index (χ1n) is 8.08. The molecule has 0 amide bonds. The average molecular weight is 359 g/mol. The number of rotatable bonds is 3. The van der Waals surface area contributed by atoms with Crippen molar-refractivity contribution >= 4 is 5.96 Å². The molecule has 2 N–H and O–H groups in total. The second-order valence-electron chi connectivity index (χ2n) is 6.80. The van der Waals surface area contributed by atoms with Gasteiger partial charge in [0, 0.05) is 13.1 Å². The van der Waals surface area contributed by atoms with Crippen LogP contribution in [-0.2, 0) is 17.5 Å². The van der Waals surface area contributed by atoms with Crippen molar-refractivity contribution in [3.05, 3.63) is 29.3 Å².